The zero-order valence-corrected chi connectivity index (χ0v) is 13.8. The Bertz CT molecular complexity index is 223. The Hall–Kier alpha value is -0.0800. The molecule has 1 N–H and O–H groups in total. The second kappa shape index (κ2) is 8.97. The molecule has 1 aliphatic heterocycles. The minimum atomic E-state index is 0.351. The molecule has 19 heavy (non-hydrogen) atoms. The summed E-state index contributed by atoms with van der Waals surface area (Å²) >= 11 is 0. The van der Waals surface area contributed by atoms with Crippen LogP contribution < -0.4 is 5.32 Å². The predicted molar refractivity (Wildman–Crippen MR) is 85.7 cm³/mol. The number of nitrogens with one attached hydrogen (secondary N) is 1. The molecule has 0 aromatic rings. The molecule has 0 aromatic carbocycles. The molecule has 2 atom stereocenters. The lowest BCUT2D eigenvalue weighted by Gasteiger charge is -2.48. The van der Waals surface area contributed by atoms with Gasteiger partial charge in [0.1, 0.15) is 0 Å². The number of unbranched alkanes of at least 4 members (excludes halogenated alkanes) is 2. The molecule has 0 radical (unpaired) electrons. The first-order chi connectivity index (χ1) is 9.19. The van der Waals surface area contributed by atoms with E-state index in [0.29, 0.717) is 11.6 Å². The van der Waals surface area contributed by atoms with Crippen LogP contribution in [0.4, 0.5) is 0 Å². The number of likely N-dealkylation sites (tertiary alicyclic amines) is 1. The maximum atomic E-state index is 3.79. The Morgan fingerprint density at radius 2 is 1.74 bits per heavy atom. The van der Waals surface area contributed by atoms with Gasteiger partial charge in [0.2, 0.25) is 0 Å². The molecule has 2 unspecified atom stereocenters. The fourth-order valence-corrected chi connectivity index (χ4v) is 3.57. The minimum absolute atomic E-state index is 0.351. The Balaban J connectivity index is 2.67. The van der Waals surface area contributed by atoms with Gasteiger partial charge in [0.15, 0.2) is 0 Å². The maximum Gasteiger partial charge on any atom is 0.0331 e. The first-order valence-corrected chi connectivity index (χ1v) is 8.67. The van der Waals surface area contributed by atoms with Crippen molar-refractivity contribution in [2.75, 3.05) is 19.6 Å². The monoisotopic (exact) mass is 268 g/mol. The zero-order valence-electron chi connectivity index (χ0n) is 13.8. The standard InChI is InChI=1S/C17H36N2/c1-5-8-10-13-16(18-7-3)17(4,6-2)19-14-11-9-12-15-19/h16,18H,5-15H2,1-4H3. The van der Waals surface area contributed by atoms with Gasteiger partial charge < -0.3 is 5.32 Å². The molecule has 1 rings (SSSR count). The van der Waals surface area contributed by atoms with Crippen molar-refractivity contribution in [3.63, 3.8) is 0 Å². The summed E-state index contributed by atoms with van der Waals surface area (Å²) in [4.78, 5) is 2.77. The average Bonchev–Trinajstić information content (AvgIpc) is 2.46. The van der Waals surface area contributed by atoms with E-state index in [-0.39, 0.29) is 0 Å². The fraction of sp³-hybridized carbons (Fsp3) is 1.00. The molecular formula is C17H36N2. The lowest BCUT2D eigenvalue weighted by atomic mass is 9.82. The van der Waals surface area contributed by atoms with E-state index in [1.165, 1.54) is 64.5 Å². The predicted octanol–water partition coefficient (Wildman–Crippen LogP) is 4.20. The second-order valence-corrected chi connectivity index (χ2v) is 6.36. The topological polar surface area (TPSA) is 15.3 Å². The normalized spacial score (nSPS) is 22.1. The molecule has 0 aliphatic carbocycles. The van der Waals surface area contributed by atoms with Crippen LogP contribution in [0.2, 0.25) is 0 Å². The van der Waals surface area contributed by atoms with Crippen LogP contribution in [0.25, 0.3) is 0 Å². The zero-order chi connectivity index (χ0) is 14.1. The van der Waals surface area contributed by atoms with E-state index in [0.717, 1.165) is 6.54 Å². The molecule has 114 valence electrons. The lowest BCUT2D eigenvalue weighted by Crippen LogP contribution is -2.60. The van der Waals surface area contributed by atoms with E-state index in [1.807, 2.05) is 0 Å². The summed E-state index contributed by atoms with van der Waals surface area (Å²) in [6, 6.07) is 0.659. The smallest absolute Gasteiger partial charge is 0.0331 e. The van der Waals surface area contributed by atoms with E-state index in [1.54, 1.807) is 0 Å². The molecule has 2 nitrogen and oxygen atoms in total. The minimum Gasteiger partial charge on any atom is -0.312 e. The molecule has 0 aromatic heterocycles. The Labute approximate surface area is 121 Å². The van der Waals surface area contributed by atoms with Crippen LogP contribution in [0, 0.1) is 0 Å². The van der Waals surface area contributed by atoms with Gasteiger partial charge in [-0.2, -0.15) is 0 Å². The lowest BCUT2D eigenvalue weighted by molar-refractivity contribution is 0.0399. The number of likely N-dealkylation sites (N-methyl/N-ethyl adjacent to an activating group) is 1. The van der Waals surface area contributed by atoms with Crippen molar-refractivity contribution < 1.29 is 0 Å². The van der Waals surface area contributed by atoms with E-state index >= 15 is 0 Å². The van der Waals surface area contributed by atoms with Crippen molar-refractivity contribution in [2.45, 2.75) is 90.6 Å². The van der Waals surface area contributed by atoms with Gasteiger partial charge in [-0.3, -0.25) is 4.90 Å². The maximum absolute atomic E-state index is 3.79. The molecule has 2 heteroatoms. The molecule has 1 heterocycles. The number of hydrogen-bond acceptors (Lipinski definition) is 2. The molecule has 0 saturated carbocycles. The average molecular weight is 268 g/mol. The highest BCUT2D eigenvalue weighted by Crippen LogP contribution is 2.30. The van der Waals surface area contributed by atoms with E-state index in [9.17, 15) is 0 Å². The van der Waals surface area contributed by atoms with Crippen molar-refractivity contribution in [2.24, 2.45) is 0 Å². The van der Waals surface area contributed by atoms with E-state index < -0.39 is 0 Å². The Morgan fingerprint density at radius 1 is 1.05 bits per heavy atom. The molecule has 0 spiro atoms. The van der Waals surface area contributed by atoms with Gasteiger partial charge >= 0.3 is 0 Å². The number of piperidine rings is 1. The Morgan fingerprint density at radius 3 is 2.26 bits per heavy atom. The summed E-state index contributed by atoms with van der Waals surface area (Å²) in [5, 5.41) is 3.79. The first kappa shape index (κ1) is 17.0. The number of nitrogens with zero attached hydrogens (tertiary/aromatic N) is 1. The van der Waals surface area contributed by atoms with Crippen LogP contribution in [0.1, 0.15) is 79.1 Å². The van der Waals surface area contributed by atoms with Gasteiger partial charge in [-0.05, 0) is 52.2 Å². The summed E-state index contributed by atoms with van der Waals surface area (Å²) in [7, 11) is 0. The van der Waals surface area contributed by atoms with Gasteiger partial charge in [-0.25, -0.2) is 0 Å². The van der Waals surface area contributed by atoms with Crippen molar-refractivity contribution >= 4 is 0 Å². The van der Waals surface area contributed by atoms with Crippen molar-refractivity contribution in [1.82, 2.24) is 10.2 Å². The third kappa shape index (κ3) is 4.75. The molecule has 1 aliphatic rings. The number of hydrogen-bond donors (Lipinski definition) is 1. The van der Waals surface area contributed by atoms with Crippen LogP contribution in [-0.4, -0.2) is 36.1 Å². The highest BCUT2D eigenvalue weighted by atomic mass is 15.2. The summed E-state index contributed by atoms with van der Waals surface area (Å²) in [6.07, 6.45) is 10.9. The number of rotatable bonds is 9. The molecule has 1 saturated heterocycles. The third-order valence-electron chi connectivity index (χ3n) is 5.09. The summed E-state index contributed by atoms with van der Waals surface area (Å²) in [6.45, 7) is 13.1. The van der Waals surface area contributed by atoms with Crippen LogP contribution in [-0.2, 0) is 0 Å². The van der Waals surface area contributed by atoms with Gasteiger partial charge in [0.25, 0.3) is 0 Å². The largest absolute Gasteiger partial charge is 0.312 e. The molecule has 0 amide bonds. The molecule has 0 bridgehead atoms. The molecular weight excluding hydrogens is 232 g/mol. The van der Waals surface area contributed by atoms with Crippen LogP contribution >= 0.6 is 0 Å². The quantitative estimate of drug-likeness (QED) is 0.631. The van der Waals surface area contributed by atoms with Gasteiger partial charge in [0, 0.05) is 11.6 Å². The van der Waals surface area contributed by atoms with Gasteiger partial charge in [0.05, 0.1) is 0 Å². The molecule has 1 fully saturated rings. The van der Waals surface area contributed by atoms with Crippen LogP contribution in [0.15, 0.2) is 0 Å². The summed E-state index contributed by atoms with van der Waals surface area (Å²) in [5.74, 6) is 0. The first-order valence-electron chi connectivity index (χ1n) is 8.67. The fourth-order valence-electron chi connectivity index (χ4n) is 3.57. The van der Waals surface area contributed by atoms with Crippen LogP contribution in [0.3, 0.4) is 0 Å². The highest BCUT2D eigenvalue weighted by Gasteiger charge is 2.37. The summed E-state index contributed by atoms with van der Waals surface area (Å²) in [5.41, 5.74) is 0.351. The van der Waals surface area contributed by atoms with Gasteiger partial charge in [-0.15, -0.1) is 0 Å². The van der Waals surface area contributed by atoms with Crippen molar-refractivity contribution in [1.29, 1.82) is 0 Å². The SMILES string of the molecule is CCCCCC(NCC)C(C)(CC)N1CCCCC1. The Kier molecular flexibility index (Phi) is 8.01. The van der Waals surface area contributed by atoms with E-state index in [4.69, 9.17) is 0 Å². The third-order valence-corrected chi connectivity index (χ3v) is 5.09. The van der Waals surface area contributed by atoms with Crippen molar-refractivity contribution in [3.8, 4) is 0 Å². The van der Waals surface area contributed by atoms with Crippen LogP contribution in [0.5, 0.6) is 0 Å². The van der Waals surface area contributed by atoms with E-state index in [2.05, 4.69) is 37.9 Å². The second-order valence-electron chi connectivity index (χ2n) is 6.36. The van der Waals surface area contributed by atoms with Gasteiger partial charge in [-0.1, -0.05) is 46.5 Å². The highest BCUT2D eigenvalue weighted by molar-refractivity contribution is 4.97. The van der Waals surface area contributed by atoms with Crippen molar-refractivity contribution in [3.05, 3.63) is 0 Å². The summed E-state index contributed by atoms with van der Waals surface area (Å²) < 4.78 is 0.